The first-order valence-electron chi connectivity index (χ1n) is 4.40. The summed E-state index contributed by atoms with van der Waals surface area (Å²) in [6, 6.07) is 3.17. The Morgan fingerprint density at radius 2 is 2.29 bits per heavy atom. The second kappa shape index (κ2) is 4.09. The van der Waals surface area contributed by atoms with E-state index in [0.29, 0.717) is 5.82 Å². The van der Waals surface area contributed by atoms with Gasteiger partial charge in [0.15, 0.2) is 0 Å². The van der Waals surface area contributed by atoms with Crippen molar-refractivity contribution in [3.63, 3.8) is 0 Å². The predicted octanol–water partition coefficient (Wildman–Crippen LogP) is 1.30. The first-order valence-corrected chi connectivity index (χ1v) is 4.40. The number of pyridine rings is 1. The fourth-order valence-electron chi connectivity index (χ4n) is 1.08. The van der Waals surface area contributed by atoms with Crippen molar-refractivity contribution < 1.29 is 9.90 Å². The summed E-state index contributed by atoms with van der Waals surface area (Å²) in [7, 11) is 1.72. The zero-order chi connectivity index (χ0) is 10.7. The molecule has 76 valence electrons. The van der Waals surface area contributed by atoms with Gasteiger partial charge in [-0.05, 0) is 31.5 Å². The molecule has 0 aliphatic carbocycles. The fourth-order valence-corrected chi connectivity index (χ4v) is 1.08. The zero-order valence-electron chi connectivity index (χ0n) is 8.56. The van der Waals surface area contributed by atoms with Crippen LogP contribution in [0.1, 0.15) is 12.5 Å². The Bertz CT molecular complexity index is 339. The van der Waals surface area contributed by atoms with E-state index in [1.165, 1.54) is 0 Å². The van der Waals surface area contributed by atoms with Crippen molar-refractivity contribution in [3.8, 4) is 0 Å². The number of likely N-dealkylation sites (N-methyl/N-ethyl adjacent to an activating group) is 1. The lowest BCUT2D eigenvalue weighted by Gasteiger charge is -2.22. The molecule has 0 bridgehead atoms. The van der Waals surface area contributed by atoms with Crippen LogP contribution in [0.25, 0.3) is 0 Å². The van der Waals surface area contributed by atoms with E-state index in [0.717, 1.165) is 5.56 Å². The van der Waals surface area contributed by atoms with Gasteiger partial charge in [0.25, 0.3) is 0 Å². The summed E-state index contributed by atoms with van der Waals surface area (Å²) in [6.45, 7) is 3.58. The molecule has 0 aliphatic heterocycles. The number of nitrogens with zero attached hydrogens (tertiary/aromatic N) is 2. The van der Waals surface area contributed by atoms with Crippen molar-refractivity contribution in [1.29, 1.82) is 0 Å². The minimum Gasteiger partial charge on any atom is -0.480 e. The third kappa shape index (κ3) is 2.22. The van der Waals surface area contributed by atoms with E-state index in [1.807, 2.05) is 19.1 Å². The first kappa shape index (κ1) is 10.5. The highest BCUT2D eigenvalue weighted by Gasteiger charge is 2.17. The van der Waals surface area contributed by atoms with Crippen LogP contribution < -0.4 is 4.90 Å². The number of carbonyl (C=O) groups is 1. The smallest absolute Gasteiger partial charge is 0.326 e. The van der Waals surface area contributed by atoms with Gasteiger partial charge in [-0.2, -0.15) is 0 Å². The second-order valence-electron chi connectivity index (χ2n) is 3.32. The molecule has 0 saturated heterocycles. The quantitative estimate of drug-likeness (QED) is 0.788. The van der Waals surface area contributed by atoms with Crippen molar-refractivity contribution in [3.05, 3.63) is 23.9 Å². The van der Waals surface area contributed by atoms with E-state index >= 15 is 0 Å². The molecule has 0 saturated carbocycles. The predicted molar refractivity (Wildman–Crippen MR) is 54.5 cm³/mol. The molecule has 0 fully saturated rings. The van der Waals surface area contributed by atoms with Gasteiger partial charge in [-0.3, -0.25) is 0 Å². The summed E-state index contributed by atoms with van der Waals surface area (Å²) < 4.78 is 0. The normalized spacial score (nSPS) is 12.2. The number of carboxylic acids is 1. The maximum Gasteiger partial charge on any atom is 0.326 e. The summed E-state index contributed by atoms with van der Waals surface area (Å²) in [5, 5.41) is 8.81. The summed E-state index contributed by atoms with van der Waals surface area (Å²) in [5.41, 5.74) is 1.07. The van der Waals surface area contributed by atoms with Crippen LogP contribution in [0.15, 0.2) is 18.3 Å². The summed E-state index contributed by atoms with van der Waals surface area (Å²) in [5.74, 6) is -0.171. The third-order valence-electron chi connectivity index (χ3n) is 2.20. The summed E-state index contributed by atoms with van der Waals surface area (Å²) in [4.78, 5) is 16.5. The Labute approximate surface area is 83.2 Å². The number of hydrogen-bond acceptors (Lipinski definition) is 3. The maximum atomic E-state index is 10.7. The number of aryl methyl sites for hydroxylation is 1. The van der Waals surface area contributed by atoms with Crippen LogP contribution in [0.3, 0.4) is 0 Å². The molecule has 4 heteroatoms. The van der Waals surface area contributed by atoms with E-state index < -0.39 is 12.0 Å². The third-order valence-corrected chi connectivity index (χ3v) is 2.20. The van der Waals surface area contributed by atoms with Crippen molar-refractivity contribution in [2.45, 2.75) is 19.9 Å². The molecule has 1 atom stereocenters. The minimum atomic E-state index is -0.851. The molecule has 0 aliphatic rings. The molecule has 0 aromatic carbocycles. The lowest BCUT2D eigenvalue weighted by molar-refractivity contribution is -0.138. The van der Waals surface area contributed by atoms with Crippen LogP contribution >= 0.6 is 0 Å². The minimum absolute atomic E-state index is 0.565. The Hall–Kier alpha value is -1.58. The topological polar surface area (TPSA) is 53.4 Å². The van der Waals surface area contributed by atoms with E-state index in [2.05, 4.69) is 4.98 Å². The SMILES string of the molecule is Cc1ccnc(N(C)C(C)C(=O)O)c1. The molecule has 4 nitrogen and oxygen atoms in total. The van der Waals surface area contributed by atoms with Crippen LogP contribution in [0.2, 0.25) is 0 Å². The van der Waals surface area contributed by atoms with E-state index in [9.17, 15) is 4.79 Å². The van der Waals surface area contributed by atoms with Gasteiger partial charge >= 0.3 is 5.97 Å². The van der Waals surface area contributed by atoms with Gasteiger partial charge in [-0.25, -0.2) is 9.78 Å². The molecule has 1 aromatic heterocycles. The summed E-state index contributed by atoms with van der Waals surface area (Å²) in [6.07, 6.45) is 1.68. The van der Waals surface area contributed by atoms with Crippen molar-refractivity contribution >= 4 is 11.8 Å². The average molecular weight is 194 g/mol. The Balaban J connectivity index is 2.89. The molecular formula is C10H14N2O2. The van der Waals surface area contributed by atoms with Crippen LogP contribution in [0, 0.1) is 6.92 Å². The van der Waals surface area contributed by atoms with Gasteiger partial charge in [0, 0.05) is 13.2 Å². The second-order valence-corrected chi connectivity index (χ2v) is 3.32. The maximum absolute atomic E-state index is 10.7. The van der Waals surface area contributed by atoms with E-state index in [4.69, 9.17) is 5.11 Å². The van der Waals surface area contributed by atoms with Gasteiger partial charge in [-0.15, -0.1) is 0 Å². The number of anilines is 1. The highest BCUT2D eigenvalue weighted by molar-refractivity contribution is 5.76. The van der Waals surface area contributed by atoms with E-state index in [1.54, 1.807) is 25.1 Å². The number of aliphatic carboxylic acids is 1. The van der Waals surface area contributed by atoms with Crippen molar-refractivity contribution in [1.82, 2.24) is 4.98 Å². The molecule has 0 radical (unpaired) electrons. The van der Waals surface area contributed by atoms with Gasteiger partial charge in [0.1, 0.15) is 11.9 Å². The van der Waals surface area contributed by atoms with Gasteiger partial charge < -0.3 is 10.0 Å². The number of carboxylic acid groups (broad SMARTS) is 1. The van der Waals surface area contributed by atoms with E-state index in [-0.39, 0.29) is 0 Å². The van der Waals surface area contributed by atoms with Crippen LogP contribution in [0.4, 0.5) is 5.82 Å². The number of aromatic nitrogens is 1. The van der Waals surface area contributed by atoms with Crippen molar-refractivity contribution in [2.75, 3.05) is 11.9 Å². The average Bonchev–Trinajstić information content (AvgIpc) is 2.15. The highest BCUT2D eigenvalue weighted by Crippen LogP contribution is 2.12. The Kier molecular flexibility index (Phi) is 3.06. The standard InChI is InChI=1S/C10H14N2O2/c1-7-4-5-11-9(6-7)12(3)8(2)10(13)14/h4-6,8H,1-3H3,(H,13,14). The molecule has 0 amide bonds. The fraction of sp³-hybridized carbons (Fsp3) is 0.400. The lowest BCUT2D eigenvalue weighted by Crippen LogP contribution is -2.36. The Morgan fingerprint density at radius 3 is 2.79 bits per heavy atom. The highest BCUT2D eigenvalue weighted by atomic mass is 16.4. The Morgan fingerprint density at radius 1 is 1.64 bits per heavy atom. The molecule has 1 aromatic rings. The number of rotatable bonds is 3. The molecule has 1 rings (SSSR count). The van der Waals surface area contributed by atoms with Crippen molar-refractivity contribution in [2.24, 2.45) is 0 Å². The molecular weight excluding hydrogens is 180 g/mol. The first-order chi connectivity index (χ1) is 6.52. The van der Waals surface area contributed by atoms with Crippen LogP contribution in [-0.4, -0.2) is 29.1 Å². The molecule has 1 N–H and O–H groups in total. The van der Waals surface area contributed by atoms with Gasteiger partial charge in [0.2, 0.25) is 0 Å². The largest absolute Gasteiger partial charge is 0.480 e. The zero-order valence-corrected chi connectivity index (χ0v) is 8.56. The van der Waals surface area contributed by atoms with Crippen LogP contribution in [0.5, 0.6) is 0 Å². The lowest BCUT2D eigenvalue weighted by atomic mass is 10.2. The number of hydrogen-bond donors (Lipinski definition) is 1. The monoisotopic (exact) mass is 194 g/mol. The van der Waals surface area contributed by atoms with Gasteiger partial charge in [-0.1, -0.05) is 0 Å². The van der Waals surface area contributed by atoms with Gasteiger partial charge in [0.05, 0.1) is 0 Å². The summed E-state index contributed by atoms with van der Waals surface area (Å²) >= 11 is 0. The van der Waals surface area contributed by atoms with Crippen LogP contribution in [-0.2, 0) is 4.79 Å². The molecule has 14 heavy (non-hydrogen) atoms. The molecule has 1 heterocycles. The molecule has 1 unspecified atom stereocenters. The molecule has 0 spiro atoms.